The van der Waals surface area contributed by atoms with E-state index in [1.165, 1.54) is 5.56 Å². The highest BCUT2D eigenvalue weighted by Gasteiger charge is 2.55. The van der Waals surface area contributed by atoms with Gasteiger partial charge in [-0.05, 0) is 63.0 Å². The van der Waals surface area contributed by atoms with E-state index >= 15 is 0 Å². The van der Waals surface area contributed by atoms with Crippen molar-refractivity contribution >= 4 is 11.8 Å². The van der Waals surface area contributed by atoms with Gasteiger partial charge in [0.15, 0.2) is 0 Å². The minimum Gasteiger partial charge on any atom is -0.493 e. The van der Waals surface area contributed by atoms with E-state index in [0.29, 0.717) is 45.0 Å². The first-order valence-electron chi connectivity index (χ1n) is 12.1. The van der Waals surface area contributed by atoms with Crippen molar-refractivity contribution in [2.45, 2.75) is 81.5 Å². The summed E-state index contributed by atoms with van der Waals surface area (Å²) in [6.07, 6.45) is 6.06. The number of rotatable bonds is 0. The highest BCUT2D eigenvalue weighted by molar-refractivity contribution is 5.81. The number of amides is 2. The van der Waals surface area contributed by atoms with Gasteiger partial charge < -0.3 is 24.4 Å². The SMILES string of the molecule is C[C@@H]1CC2(COCC(=O)N2)C2CO[C@H]3CC[C@H](CC3)c3ccccc3OCCCC(=O)N21. The molecule has 1 spiro atoms. The van der Waals surface area contributed by atoms with E-state index in [2.05, 4.69) is 24.4 Å². The molecule has 174 valence electrons. The summed E-state index contributed by atoms with van der Waals surface area (Å²) in [5.41, 5.74) is 0.713. The Morgan fingerprint density at radius 1 is 1.12 bits per heavy atom. The molecule has 3 fully saturated rings. The molecule has 2 saturated heterocycles. The summed E-state index contributed by atoms with van der Waals surface area (Å²) in [6.45, 7) is 3.52. The van der Waals surface area contributed by atoms with Gasteiger partial charge in [0.05, 0.1) is 37.5 Å². The summed E-state index contributed by atoms with van der Waals surface area (Å²) >= 11 is 0. The van der Waals surface area contributed by atoms with Gasteiger partial charge in [-0.1, -0.05) is 18.2 Å². The average Bonchev–Trinajstić information content (AvgIpc) is 3.04. The molecule has 4 heterocycles. The molecule has 6 rings (SSSR count). The molecule has 5 aliphatic rings. The van der Waals surface area contributed by atoms with Gasteiger partial charge in [0.1, 0.15) is 12.4 Å². The fourth-order valence-electron chi connectivity index (χ4n) is 6.21. The second kappa shape index (κ2) is 9.02. The van der Waals surface area contributed by atoms with Gasteiger partial charge in [-0.3, -0.25) is 9.59 Å². The molecule has 2 amide bonds. The molecule has 1 aliphatic carbocycles. The number of fused-ring (bicyclic) bond motifs is 7. The lowest BCUT2D eigenvalue weighted by Crippen LogP contribution is -2.65. The Bertz CT molecular complexity index is 852. The third-order valence-corrected chi connectivity index (χ3v) is 7.69. The van der Waals surface area contributed by atoms with Gasteiger partial charge in [0.2, 0.25) is 11.8 Å². The molecule has 4 aliphatic heterocycles. The molecule has 0 radical (unpaired) electrons. The van der Waals surface area contributed by atoms with Crippen LogP contribution in [0.15, 0.2) is 24.3 Å². The first-order valence-corrected chi connectivity index (χ1v) is 12.1. The second-order valence-corrected chi connectivity index (χ2v) is 9.86. The summed E-state index contributed by atoms with van der Waals surface area (Å²) in [7, 11) is 0. The van der Waals surface area contributed by atoms with Crippen molar-refractivity contribution in [1.82, 2.24) is 10.2 Å². The van der Waals surface area contributed by atoms with E-state index in [-0.39, 0.29) is 36.6 Å². The molecule has 7 heteroatoms. The van der Waals surface area contributed by atoms with Crippen LogP contribution < -0.4 is 10.1 Å². The van der Waals surface area contributed by atoms with Gasteiger partial charge >= 0.3 is 0 Å². The number of nitrogens with one attached hydrogen (secondary N) is 1. The summed E-state index contributed by atoms with van der Waals surface area (Å²) in [6, 6.07) is 8.13. The van der Waals surface area contributed by atoms with Gasteiger partial charge in [-0.2, -0.15) is 0 Å². The van der Waals surface area contributed by atoms with Crippen molar-refractivity contribution < 1.29 is 23.8 Å². The molecule has 3 atom stereocenters. The van der Waals surface area contributed by atoms with E-state index in [9.17, 15) is 9.59 Å². The number of nitrogens with zero attached hydrogens (tertiary/aromatic N) is 1. The van der Waals surface area contributed by atoms with E-state index in [4.69, 9.17) is 14.2 Å². The second-order valence-electron chi connectivity index (χ2n) is 9.86. The van der Waals surface area contributed by atoms with Crippen LogP contribution >= 0.6 is 0 Å². The fraction of sp³-hybridized carbons (Fsp3) is 0.680. The molecule has 2 bridgehead atoms. The normalized spacial score (nSPS) is 36.0. The van der Waals surface area contributed by atoms with Crippen molar-refractivity contribution in [1.29, 1.82) is 0 Å². The van der Waals surface area contributed by atoms with Crippen LogP contribution in [-0.2, 0) is 19.1 Å². The van der Waals surface area contributed by atoms with E-state index in [1.807, 2.05) is 17.0 Å². The quantitative estimate of drug-likeness (QED) is 0.669. The third kappa shape index (κ3) is 4.13. The lowest BCUT2D eigenvalue weighted by Gasteiger charge is -2.41. The van der Waals surface area contributed by atoms with Gasteiger partial charge in [0, 0.05) is 12.5 Å². The number of carbonyl (C=O) groups is 2. The molecular formula is C25H34N2O5. The molecule has 1 aromatic carbocycles. The van der Waals surface area contributed by atoms with Crippen molar-refractivity contribution in [3.63, 3.8) is 0 Å². The molecule has 1 aromatic rings. The maximum Gasteiger partial charge on any atom is 0.246 e. The first-order chi connectivity index (χ1) is 15.6. The monoisotopic (exact) mass is 442 g/mol. The smallest absolute Gasteiger partial charge is 0.246 e. The van der Waals surface area contributed by atoms with Gasteiger partial charge in [-0.15, -0.1) is 0 Å². The topological polar surface area (TPSA) is 77.1 Å². The van der Waals surface area contributed by atoms with Crippen molar-refractivity contribution in [2.24, 2.45) is 0 Å². The number of benzene rings is 1. The maximum atomic E-state index is 13.3. The number of hydrogen-bond donors (Lipinski definition) is 1. The Morgan fingerprint density at radius 3 is 2.75 bits per heavy atom. The number of hydrogen-bond acceptors (Lipinski definition) is 5. The number of carbonyl (C=O) groups excluding carboxylic acids is 2. The average molecular weight is 443 g/mol. The molecule has 1 saturated carbocycles. The van der Waals surface area contributed by atoms with Crippen LogP contribution in [0.4, 0.5) is 0 Å². The van der Waals surface area contributed by atoms with Crippen LogP contribution in [0.1, 0.15) is 63.4 Å². The predicted molar refractivity (Wildman–Crippen MR) is 119 cm³/mol. The Hall–Kier alpha value is -2.12. The summed E-state index contributed by atoms with van der Waals surface area (Å²) in [5.74, 6) is 1.42. The zero-order valence-corrected chi connectivity index (χ0v) is 18.9. The predicted octanol–water partition coefficient (Wildman–Crippen LogP) is 2.78. The number of para-hydroxylation sites is 1. The zero-order valence-electron chi connectivity index (χ0n) is 18.9. The zero-order chi connectivity index (χ0) is 22.1. The van der Waals surface area contributed by atoms with Crippen molar-refractivity contribution in [3.8, 4) is 5.75 Å². The Labute approximate surface area is 189 Å². The fourth-order valence-corrected chi connectivity index (χ4v) is 6.21. The Kier molecular flexibility index (Phi) is 6.12. The van der Waals surface area contributed by atoms with Crippen LogP contribution in [0.5, 0.6) is 5.75 Å². The van der Waals surface area contributed by atoms with E-state index in [1.54, 1.807) is 0 Å². The minimum atomic E-state index is -0.567. The molecular weight excluding hydrogens is 408 g/mol. The van der Waals surface area contributed by atoms with Crippen molar-refractivity contribution in [2.75, 3.05) is 26.4 Å². The third-order valence-electron chi connectivity index (χ3n) is 7.69. The van der Waals surface area contributed by atoms with E-state index < -0.39 is 5.54 Å². The van der Waals surface area contributed by atoms with Crippen LogP contribution in [0.25, 0.3) is 0 Å². The summed E-state index contributed by atoms with van der Waals surface area (Å²) in [4.78, 5) is 27.5. The lowest BCUT2D eigenvalue weighted by atomic mass is 9.82. The van der Waals surface area contributed by atoms with Crippen LogP contribution in [-0.4, -0.2) is 66.9 Å². The van der Waals surface area contributed by atoms with Gasteiger partial charge in [-0.25, -0.2) is 0 Å². The van der Waals surface area contributed by atoms with Crippen LogP contribution in [0, 0.1) is 0 Å². The Morgan fingerprint density at radius 2 is 1.94 bits per heavy atom. The lowest BCUT2D eigenvalue weighted by molar-refractivity contribution is -0.144. The first kappa shape index (κ1) is 21.7. The van der Waals surface area contributed by atoms with Crippen LogP contribution in [0.3, 0.4) is 0 Å². The highest BCUT2D eigenvalue weighted by atomic mass is 16.5. The molecule has 1 N–H and O–H groups in total. The highest BCUT2D eigenvalue weighted by Crippen LogP contribution is 2.40. The molecule has 0 aromatic heterocycles. The Balaban J connectivity index is 1.40. The van der Waals surface area contributed by atoms with Gasteiger partial charge in [0.25, 0.3) is 0 Å². The number of ether oxygens (including phenoxy) is 3. The maximum absolute atomic E-state index is 13.3. The standard InChI is InChI=1S/C25H34N2O5/c1-17-13-25(16-30-15-23(28)26-25)22-14-32-19-10-8-18(9-11-19)20-5-2-3-6-21(20)31-12-4-7-24(29)27(17)22/h2-3,5-6,17-19,22H,4,7-16H2,1H3,(H,26,28)/t17-,18-,19+,22?,25?/m1/s1. The van der Waals surface area contributed by atoms with E-state index in [0.717, 1.165) is 31.4 Å². The largest absolute Gasteiger partial charge is 0.493 e. The summed E-state index contributed by atoms with van der Waals surface area (Å²) < 4.78 is 18.2. The van der Waals surface area contributed by atoms with Crippen LogP contribution in [0.2, 0.25) is 0 Å². The molecule has 32 heavy (non-hydrogen) atoms. The number of morpholine rings is 1. The molecule has 2 unspecified atom stereocenters. The van der Waals surface area contributed by atoms with Crippen molar-refractivity contribution in [3.05, 3.63) is 29.8 Å². The molecule has 7 nitrogen and oxygen atoms in total. The summed E-state index contributed by atoms with van der Waals surface area (Å²) in [5, 5.41) is 3.18. The minimum absolute atomic E-state index is 0.0196.